The second kappa shape index (κ2) is 7.17. The highest BCUT2D eigenvalue weighted by Gasteiger charge is 2.20. The number of nitrogens with one attached hydrogen (secondary N) is 1. The largest absolute Gasteiger partial charge is 0.273 e. The zero-order valence-electron chi connectivity index (χ0n) is 11.4. The van der Waals surface area contributed by atoms with Crippen molar-refractivity contribution in [2.75, 3.05) is 0 Å². The molecule has 0 heterocycles. The molecule has 0 atom stereocenters. The van der Waals surface area contributed by atoms with Crippen molar-refractivity contribution >= 4 is 29.4 Å². The molecule has 0 unspecified atom stereocenters. The molecule has 1 amide bonds. The first-order valence-corrected chi connectivity index (χ1v) is 7.22. The normalized spacial score (nSPS) is 16.0. The van der Waals surface area contributed by atoms with E-state index in [1.54, 1.807) is 0 Å². The summed E-state index contributed by atoms with van der Waals surface area (Å²) in [5.74, 6) is -0.0935. The van der Waals surface area contributed by atoms with Crippen LogP contribution in [0.4, 0.5) is 5.69 Å². The van der Waals surface area contributed by atoms with Crippen LogP contribution in [0.15, 0.2) is 23.3 Å². The van der Waals surface area contributed by atoms with Gasteiger partial charge in [0.25, 0.3) is 5.69 Å². The molecule has 0 spiro atoms. The van der Waals surface area contributed by atoms with E-state index in [0.717, 1.165) is 25.7 Å². The summed E-state index contributed by atoms with van der Waals surface area (Å²) in [6.07, 6.45) is 6.42. The Balaban J connectivity index is 1.99. The first-order chi connectivity index (χ1) is 10.1. The van der Waals surface area contributed by atoms with E-state index >= 15 is 0 Å². The highest BCUT2D eigenvalue weighted by molar-refractivity contribution is 6.33. The van der Waals surface area contributed by atoms with Gasteiger partial charge >= 0.3 is 0 Å². The Labute approximate surface area is 127 Å². The molecule has 0 aliphatic heterocycles. The molecule has 1 aliphatic rings. The maximum Gasteiger partial charge on any atom is 0.270 e. The van der Waals surface area contributed by atoms with Crippen molar-refractivity contribution in [3.63, 3.8) is 0 Å². The zero-order chi connectivity index (χ0) is 15.2. The maximum atomic E-state index is 11.9. The zero-order valence-corrected chi connectivity index (χ0v) is 12.2. The van der Waals surface area contributed by atoms with Crippen LogP contribution in [0, 0.1) is 16.0 Å². The molecule has 0 radical (unpaired) electrons. The van der Waals surface area contributed by atoms with E-state index in [0.29, 0.717) is 10.6 Å². The predicted molar refractivity (Wildman–Crippen MR) is 80.4 cm³/mol. The van der Waals surface area contributed by atoms with Gasteiger partial charge in [0.2, 0.25) is 5.91 Å². The molecular formula is C14H16ClN3O3. The summed E-state index contributed by atoms with van der Waals surface area (Å²) in [5, 5.41) is 14.9. The van der Waals surface area contributed by atoms with Gasteiger partial charge in [0, 0.05) is 28.6 Å². The first-order valence-electron chi connectivity index (χ1n) is 6.85. The molecule has 1 saturated carbocycles. The molecule has 1 N–H and O–H groups in total. The van der Waals surface area contributed by atoms with Crippen LogP contribution in [0.2, 0.25) is 5.02 Å². The number of non-ortho nitro benzene ring substituents is 1. The average Bonchev–Trinajstić information content (AvgIpc) is 2.49. The van der Waals surface area contributed by atoms with Gasteiger partial charge in [0.15, 0.2) is 0 Å². The average molecular weight is 310 g/mol. The number of carbonyl (C=O) groups excluding carboxylic acids is 1. The summed E-state index contributed by atoms with van der Waals surface area (Å²) >= 11 is 5.94. The number of nitro benzene ring substituents is 1. The van der Waals surface area contributed by atoms with Crippen LogP contribution >= 0.6 is 11.6 Å². The third kappa shape index (κ3) is 4.26. The summed E-state index contributed by atoms with van der Waals surface area (Å²) in [4.78, 5) is 22.1. The minimum atomic E-state index is -0.506. The molecule has 1 aromatic rings. The van der Waals surface area contributed by atoms with Crippen molar-refractivity contribution < 1.29 is 9.72 Å². The van der Waals surface area contributed by atoms with Crippen LogP contribution in [-0.4, -0.2) is 17.0 Å². The van der Waals surface area contributed by atoms with Crippen molar-refractivity contribution in [3.8, 4) is 0 Å². The van der Waals surface area contributed by atoms with Crippen LogP contribution < -0.4 is 5.43 Å². The van der Waals surface area contributed by atoms with Crippen molar-refractivity contribution in [1.29, 1.82) is 0 Å². The number of amides is 1. The van der Waals surface area contributed by atoms with E-state index in [9.17, 15) is 14.9 Å². The van der Waals surface area contributed by atoms with E-state index in [4.69, 9.17) is 11.6 Å². The van der Waals surface area contributed by atoms with Crippen molar-refractivity contribution in [1.82, 2.24) is 5.43 Å². The summed E-state index contributed by atoms with van der Waals surface area (Å²) in [6.45, 7) is 0. The SMILES string of the molecule is O=C(N/N=C\c1cc([N+](=O)[O-])ccc1Cl)C1CCCCC1. The smallest absolute Gasteiger partial charge is 0.270 e. The number of rotatable bonds is 4. The fourth-order valence-electron chi connectivity index (χ4n) is 2.37. The third-order valence-corrected chi connectivity index (χ3v) is 3.89. The lowest BCUT2D eigenvalue weighted by molar-refractivity contribution is -0.384. The number of halogens is 1. The highest BCUT2D eigenvalue weighted by atomic mass is 35.5. The topological polar surface area (TPSA) is 84.6 Å². The van der Waals surface area contributed by atoms with Crippen LogP contribution in [0.25, 0.3) is 0 Å². The number of hydrazone groups is 1. The van der Waals surface area contributed by atoms with Gasteiger partial charge in [0.05, 0.1) is 11.1 Å². The maximum absolute atomic E-state index is 11.9. The first kappa shape index (κ1) is 15.4. The number of carbonyl (C=O) groups is 1. The molecule has 1 aromatic carbocycles. The van der Waals surface area contributed by atoms with Crippen LogP contribution in [0.3, 0.4) is 0 Å². The Morgan fingerprint density at radius 1 is 1.38 bits per heavy atom. The standard InChI is InChI=1S/C14H16ClN3O3/c15-13-7-6-12(18(20)21)8-11(13)9-16-17-14(19)10-4-2-1-3-5-10/h6-10H,1-5H2,(H,17,19)/b16-9-. The fourth-order valence-corrected chi connectivity index (χ4v) is 2.53. The Kier molecular flexibility index (Phi) is 5.27. The Morgan fingerprint density at radius 2 is 2.10 bits per heavy atom. The number of hydrogen-bond acceptors (Lipinski definition) is 4. The van der Waals surface area contributed by atoms with Gasteiger partial charge in [-0.15, -0.1) is 0 Å². The van der Waals surface area contributed by atoms with E-state index in [2.05, 4.69) is 10.5 Å². The summed E-state index contributed by atoms with van der Waals surface area (Å²) < 4.78 is 0. The Bertz CT molecular complexity index is 569. The van der Waals surface area contributed by atoms with Crippen LogP contribution in [0.5, 0.6) is 0 Å². The van der Waals surface area contributed by atoms with E-state index < -0.39 is 4.92 Å². The molecule has 0 aromatic heterocycles. The Hall–Kier alpha value is -1.95. The number of benzene rings is 1. The number of hydrogen-bond donors (Lipinski definition) is 1. The van der Waals surface area contributed by atoms with Crippen molar-refractivity contribution in [2.24, 2.45) is 11.0 Å². The molecule has 112 valence electrons. The lowest BCUT2D eigenvalue weighted by atomic mass is 9.89. The fraction of sp³-hybridized carbons (Fsp3) is 0.429. The van der Waals surface area contributed by atoms with Gasteiger partial charge in [-0.2, -0.15) is 5.10 Å². The lowest BCUT2D eigenvalue weighted by Gasteiger charge is -2.19. The summed E-state index contributed by atoms with van der Waals surface area (Å²) in [7, 11) is 0. The van der Waals surface area contributed by atoms with Gasteiger partial charge < -0.3 is 0 Å². The lowest BCUT2D eigenvalue weighted by Crippen LogP contribution is -2.28. The minimum Gasteiger partial charge on any atom is -0.273 e. The van der Waals surface area contributed by atoms with Gasteiger partial charge in [0.1, 0.15) is 0 Å². The molecule has 2 rings (SSSR count). The molecule has 1 fully saturated rings. The van der Waals surface area contributed by atoms with Gasteiger partial charge in [-0.05, 0) is 18.9 Å². The van der Waals surface area contributed by atoms with Gasteiger partial charge in [-0.3, -0.25) is 14.9 Å². The van der Waals surface area contributed by atoms with Crippen LogP contribution in [0.1, 0.15) is 37.7 Å². The third-order valence-electron chi connectivity index (χ3n) is 3.54. The second-order valence-electron chi connectivity index (χ2n) is 5.03. The molecule has 6 nitrogen and oxygen atoms in total. The molecule has 21 heavy (non-hydrogen) atoms. The summed E-state index contributed by atoms with van der Waals surface area (Å²) in [6, 6.07) is 4.07. The molecular weight excluding hydrogens is 294 g/mol. The van der Waals surface area contributed by atoms with Crippen molar-refractivity contribution in [3.05, 3.63) is 38.9 Å². The van der Waals surface area contributed by atoms with Crippen molar-refractivity contribution in [2.45, 2.75) is 32.1 Å². The summed E-state index contributed by atoms with van der Waals surface area (Å²) in [5.41, 5.74) is 2.81. The van der Waals surface area contributed by atoms with Crippen LogP contribution in [-0.2, 0) is 4.79 Å². The molecule has 0 saturated heterocycles. The van der Waals surface area contributed by atoms with E-state index in [-0.39, 0.29) is 17.5 Å². The van der Waals surface area contributed by atoms with E-state index in [1.165, 1.54) is 30.8 Å². The molecule has 7 heteroatoms. The van der Waals surface area contributed by atoms with E-state index in [1.807, 2.05) is 0 Å². The quantitative estimate of drug-likeness (QED) is 0.526. The molecule has 1 aliphatic carbocycles. The minimum absolute atomic E-state index is 0.0106. The number of nitrogens with zero attached hydrogens (tertiary/aromatic N) is 2. The predicted octanol–water partition coefficient (Wildman–Crippen LogP) is 3.28. The molecule has 0 bridgehead atoms. The number of nitro groups is 1. The van der Waals surface area contributed by atoms with Gasteiger partial charge in [-0.1, -0.05) is 30.9 Å². The Morgan fingerprint density at radius 3 is 2.76 bits per heavy atom. The van der Waals surface area contributed by atoms with Gasteiger partial charge in [-0.25, -0.2) is 5.43 Å². The monoisotopic (exact) mass is 309 g/mol. The highest BCUT2D eigenvalue weighted by Crippen LogP contribution is 2.23. The second-order valence-corrected chi connectivity index (χ2v) is 5.44.